The number of Topliss-reactive ketones (excluding diaryl/α,β-unsaturated/α-hetero) is 1. The molecule has 102 valence electrons. The molecule has 4 heteroatoms. The van der Waals surface area contributed by atoms with E-state index in [0.717, 1.165) is 5.56 Å². The predicted octanol–water partition coefficient (Wildman–Crippen LogP) is 4.49. The first kappa shape index (κ1) is 13.1. The third kappa shape index (κ3) is 2.29. The van der Waals surface area contributed by atoms with Gasteiger partial charge in [0.15, 0.2) is 5.78 Å². The van der Waals surface area contributed by atoms with Crippen LogP contribution in [-0.2, 0) is 0 Å². The molecule has 0 N–H and O–H groups in total. The van der Waals surface area contributed by atoms with Crippen molar-refractivity contribution < 1.29 is 13.9 Å². The van der Waals surface area contributed by atoms with Crippen molar-refractivity contribution in [2.45, 2.75) is 19.4 Å². The average Bonchev–Trinajstić information content (AvgIpc) is 2.42. The van der Waals surface area contributed by atoms with Crippen LogP contribution in [0.1, 0.15) is 34.0 Å². The van der Waals surface area contributed by atoms with Crippen LogP contribution in [0.3, 0.4) is 0 Å². The molecule has 2 nitrogen and oxygen atoms in total. The van der Waals surface area contributed by atoms with Crippen molar-refractivity contribution in [2.75, 3.05) is 0 Å². The summed E-state index contributed by atoms with van der Waals surface area (Å²) < 4.78 is 19.2. The highest BCUT2D eigenvalue weighted by Crippen LogP contribution is 2.37. The Kier molecular flexibility index (Phi) is 3.22. The van der Waals surface area contributed by atoms with Gasteiger partial charge >= 0.3 is 0 Å². The summed E-state index contributed by atoms with van der Waals surface area (Å²) in [5.74, 6) is 0.130. The number of fused-ring (bicyclic) bond motifs is 1. The van der Waals surface area contributed by atoms with Crippen LogP contribution in [0.4, 0.5) is 4.39 Å². The van der Waals surface area contributed by atoms with Gasteiger partial charge < -0.3 is 4.74 Å². The number of halogens is 2. The van der Waals surface area contributed by atoms with Crippen molar-refractivity contribution in [3.63, 3.8) is 0 Å². The molecule has 1 heterocycles. The number of hydrogen-bond acceptors (Lipinski definition) is 2. The Hall–Kier alpha value is -1.87. The standard InChI is InChI=1S/C16H12ClFO2/c1-9-2-4-11(18)7-12(9)16-8-14(19)13-6-10(17)3-5-15(13)20-16/h2-7,16H,8H2,1H3. The summed E-state index contributed by atoms with van der Waals surface area (Å²) in [6.07, 6.45) is -0.260. The molecule has 0 radical (unpaired) electrons. The zero-order valence-corrected chi connectivity index (χ0v) is 11.6. The SMILES string of the molecule is Cc1ccc(F)cc1C1CC(=O)c2cc(Cl)ccc2O1. The maximum atomic E-state index is 13.4. The van der Waals surface area contributed by atoms with Gasteiger partial charge in [0.1, 0.15) is 17.7 Å². The third-order valence-electron chi connectivity index (χ3n) is 3.47. The Morgan fingerprint density at radius 1 is 1.25 bits per heavy atom. The van der Waals surface area contributed by atoms with E-state index >= 15 is 0 Å². The van der Waals surface area contributed by atoms with Gasteiger partial charge in [0, 0.05) is 5.02 Å². The summed E-state index contributed by atoms with van der Waals surface area (Å²) in [5, 5.41) is 0.501. The second-order valence-corrected chi connectivity index (χ2v) is 5.31. The van der Waals surface area contributed by atoms with Gasteiger partial charge in [-0.2, -0.15) is 0 Å². The van der Waals surface area contributed by atoms with E-state index in [4.69, 9.17) is 16.3 Å². The lowest BCUT2D eigenvalue weighted by molar-refractivity contribution is 0.0849. The number of carbonyl (C=O) groups is 1. The topological polar surface area (TPSA) is 26.3 Å². The van der Waals surface area contributed by atoms with Gasteiger partial charge in [-0.25, -0.2) is 4.39 Å². The quantitative estimate of drug-likeness (QED) is 0.773. The summed E-state index contributed by atoms with van der Waals surface area (Å²) in [7, 11) is 0. The Balaban J connectivity index is 2.01. The Morgan fingerprint density at radius 3 is 2.85 bits per heavy atom. The minimum atomic E-state index is -0.452. The first-order valence-electron chi connectivity index (χ1n) is 6.30. The van der Waals surface area contributed by atoms with Crippen LogP contribution >= 0.6 is 11.6 Å². The zero-order valence-electron chi connectivity index (χ0n) is 10.8. The molecule has 1 atom stereocenters. The molecule has 2 aromatic carbocycles. The molecule has 2 aromatic rings. The molecule has 1 aliphatic heterocycles. The van der Waals surface area contributed by atoms with Gasteiger partial charge in [0.05, 0.1) is 12.0 Å². The maximum Gasteiger partial charge on any atom is 0.170 e. The Labute approximate surface area is 121 Å². The molecule has 0 amide bonds. The van der Waals surface area contributed by atoms with E-state index in [1.165, 1.54) is 12.1 Å². The Bertz CT molecular complexity index is 697. The van der Waals surface area contributed by atoms with Crippen LogP contribution in [-0.4, -0.2) is 5.78 Å². The van der Waals surface area contributed by atoms with E-state index in [-0.39, 0.29) is 18.0 Å². The highest BCUT2D eigenvalue weighted by atomic mass is 35.5. The fourth-order valence-corrected chi connectivity index (χ4v) is 2.60. The smallest absolute Gasteiger partial charge is 0.170 e. The first-order chi connectivity index (χ1) is 9.54. The highest BCUT2D eigenvalue weighted by Gasteiger charge is 2.28. The van der Waals surface area contributed by atoms with Crippen molar-refractivity contribution in [3.8, 4) is 5.75 Å². The number of benzene rings is 2. The molecular formula is C16H12ClFO2. The van der Waals surface area contributed by atoms with E-state index in [1.54, 1.807) is 24.3 Å². The summed E-state index contributed by atoms with van der Waals surface area (Å²) in [6, 6.07) is 9.47. The Morgan fingerprint density at radius 2 is 2.05 bits per heavy atom. The molecular weight excluding hydrogens is 279 g/mol. The lowest BCUT2D eigenvalue weighted by atomic mass is 9.94. The molecule has 0 spiro atoms. The van der Waals surface area contributed by atoms with Crippen molar-refractivity contribution in [1.29, 1.82) is 0 Å². The van der Waals surface area contributed by atoms with E-state index < -0.39 is 6.10 Å². The van der Waals surface area contributed by atoms with Gasteiger partial charge in [-0.1, -0.05) is 17.7 Å². The number of hydrogen-bond donors (Lipinski definition) is 0. The predicted molar refractivity (Wildman–Crippen MR) is 74.9 cm³/mol. The third-order valence-corrected chi connectivity index (χ3v) is 3.71. The van der Waals surface area contributed by atoms with Crippen molar-refractivity contribution in [1.82, 2.24) is 0 Å². The number of aryl methyl sites for hydroxylation is 1. The molecule has 0 aliphatic carbocycles. The zero-order chi connectivity index (χ0) is 14.3. The molecule has 3 rings (SSSR count). The summed E-state index contributed by atoms with van der Waals surface area (Å²) >= 11 is 5.88. The summed E-state index contributed by atoms with van der Waals surface area (Å²) in [4.78, 5) is 12.2. The van der Waals surface area contributed by atoms with Crippen LogP contribution in [0, 0.1) is 12.7 Å². The molecule has 0 bridgehead atoms. The maximum absolute atomic E-state index is 13.4. The minimum Gasteiger partial charge on any atom is -0.484 e. The number of ketones is 1. The average molecular weight is 291 g/mol. The van der Waals surface area contributed by atoms with Gasteiger partial charge in [-0.15, -0.1) is 0 Å². The van der Waals surface area contributed by atoms with Crippen LogP contribution in [0.5, 0.6) is 5.75 Å². The second kappa shape index (κ2) is 4.91. The number of carbonyl (C=O) groups excluding carboxylic acids is 1. The fraction of sp³-hybridized carbons (Fsp3) is 0.188. The van der Waals surface area contributed by atoms with Gasteiger partial charge in [0.2, 0.25) is 0 Å². The normalized spacial score (nSPS) is 17.6. The van der Waals surface area contributed by atoms with Crippen LogP contribution in [0.15, 0.2) is 36.4 Å². The highest BCUT2D eigenvalue weighted by molar-refractivity contribution is 6.31. The fourth-order valence-electron chi connectivity index (χ4n) is 2.43. The van der Waals surface area contributed by atoms with Gasteiger partial charge in [-0.05, 0) is 48.4 Å². The first-order valence-corrected chi connectivity index (χ1v) is 6.68. The van der Waals surface area contributed by atoms with Crippen LogP contribution in [0.25, 0.3) is 0 Å². The summed E-state index contributed by atoms with van der Waals surface area (Å²) in [5.41, 5.74) is 2.10. The van der Waals surface area contributed by atoms with Crippen LogP contribution in [0.2, 0.25) is 5.02 Å². The van der Waals surface area contributed by atoms with E-state index in [2.05, 4.69) is 0 Å². The molecule has 0 aromatic heterocycles. The number of rotatable bonds is 1. The van der Waals surface area contributed by atoms with Crippen molar-refractivity contribution >= 4 is 17.4 Å². The molecule has 0 saturated heterocycles. The minimum absolute atomic E-state index is 0.0394. The molecule has 0 fully saturated rings. The largest absolute Gasteiger partial charge is 0.484 e. The molecule has 0 saturated carbocycles. The van der Waals surface area contributed by atoms with E-state index in [1.807, 2.05) is 6.92 Å². The van der Waals surface area contributed by atoms with E-state index in [0.29, 0.717) is 21.9 Å². The van der Waals surface area contributed by atoms with Crippen molar-refractivity contribution in [3.05, 3.63) is 63.9 Å². The lowest BCUT2D eigenvalue weighted by Gasteiger charge is -2.26. The molecule has 20 heavy (non-hydrogen) atoms. The molecule has 1 aliphatic rings. The number of ether oxygens (including phenoxy) is 1. The van der Waals surface area contributed by atoms with Gasteiger partial charge in [0.25, 0.3) is 0 Å². The molecule has 1 unspecified atom stereocenters. The monoisotopic (exact) mass is 290 g/mol. The van der Waals surface area contributed by atoms with Gasteiger partial charge in [-0.3, -0.25) is 4.79 Å². The summed E-state index contributed by atoms with van der Waals surface area (Å²) in [6.45, 7) is 1.87. The van der Waals surface area contributed by atoms with Crippen molar-refractivity contribution in [2.24, 2.45) is 0 Å². The lowest BCUT2D eigenvalue weighted by Crippen LogP contribution is -2.21. The van der Waals surface area contributed by atoms with Crippen LogP contribution < -0.4 is 4.74 Å². The second-order valence-electron chi connectivity index (χ2n) is 4.88. The van der Waals surface area contributed by atoms with E-state index in [9.17, 15) is 9.18 Å².